The molecule has 3 aliphatic heterocycles. The maximum Gasteiger partial charge on any atom is 0.246 e. The van der Waals surface area contributed by atoms with Crippen LogP contribution in [-0.2, 0) is 25.5 Å². The summed E-state index contributed by atoms with van der Waals surface area (Å²) < 4.78 is 16.8. The second-order valence-electron chi connectivity index (χ2n) is 11.5. The van der Waals surface area contributed by atoms with E-state index >= 15 is 0 Å². The summed E-state index contributed by atoms with van der Waals surface area (Å²) in [5, 5.41) is 9.65. The lowest BCUT2D eigenvalue weighted by Crippen LogP contribution is -2.58. The Kier molecular flexibility index (Phi) is 6.13. The van der Waals surface area contributed by atoms with E-state index in [1.54, 1.807) is 44.1 Å². The molecule has 202 valence electrons. The van der Waals surface area contributed by atoms with Gasteiger partial charge in [0.2, 0.25) is 17.7 Å². The minimum absolute atomic E-state index is 0.265. The molecule has 2 N–H and O–H groups in total. The number of hydrogen-bond acceptors (Lipinski definition) is 7. The number of likely N-dealkylation sites (tertiary alicyclic amines) is 1. The van der Waals surface area contributed by atoms with E-state index in [9.17, 15) is 14.4 Å². The SMILES string of the molecule is COc1ccc(CCN2C(=O)[C@@H]3[C@@H](C(=O)Nc4cc(C)on4)[C@@]4(C)C=C[C@@]3(O4)[C@H]2C(=O)NC(C)(C)C)cc1. The average Bonchev–Trinajstić information content (AvgIpc) is 3.54. The van der Waals surface area contributed by atoms with Crippen LogP contribution in [0.2, 0.25) is 0 Å². The normalized spacial score (nSPS) is 29.5. The third kappa shape index (κ3) is 4.26. The van der Waals surface area contributed by atoms with Crippen LogP contribution in [0.3, 0.4) is 0 Å². The van der Waals surface area contributed by atoms with Crippen molar-refractivity contribution in [1.29, 1.82) is 0 Å². The number of amides is 3. The Morgan fingerprint density at radius 1 is 1.16 bits per heavy atom. The van der Waals surface area contributed by atoms with E-state index in [0.29, 0.717) is 12.2 Å². The molecule has 2 aromatic rings. The Morgan fingerprint density at radius 2 is 1.87 bits per heavy atom. The first-order chi connectivity index (χ1) is 17.9. The van der Waals surface area contributed by atoms with E-state index in [-0.39, 0.29) is 24.2 Å². The minimum atomic E-state index is -1.26. The van der Waals surface area contributed by atoms with Gasteiger partial charge in [-0.05, 0) is 58.7 Å². The number of hydrogen-bond donors (Lipinski definition) is 2. The molecule has 0 aliphatic carbocycles. The van der Waals surface area contributed by atoms with Gasteiger partial charge in [0.25, 0.3) is 0 Å². The summed E-state index contributed by atoms with van der Waals surface area (Å²) in [6.45, 7) is 9.46. The Morgan fingerprint density at radius 3 is 2.47 bits per heavy atom. The summed E-state index contributed by atoms with van der Waals surface area (Å²) >= 11 is 0. The molecular weight excluding hydrogens is 488 g/mol. The number of nitrogens with one attached hydrogen (secondary N) is 2. The monoisotopic (exact) mass is 522 g/mol. The molecule has 38 heavy (non-hydrogen) atoms. The molecule has 1 spiro atoms. The van der Waals surface area contributed by atoms with Crippen LogP contribution >= 0.6 is 0 Å². The molecule has 3 aliphatic rings. The number of aromatic nitrogens is 1. The zero-order chi connectivity index (χ0) is 27.5. The van der Waals surface area contributed by atoms with Gasteiger partial charge in [-0.2, -0.15) is 0 Å². The number of carbonyl (C=O) groups excluding carboxylic acids is 3. The molecule has 5 atom stereocenters. The van der Waals surface area contributed by atoms with Gasteiger partial charge in [-0.25, -0.2) is 0 Å². The van der Waals surface area contributed by atoms with Crippen molar-refractivity contribution in [3.63, 3.8) is 0 Å². The summed E-state index contributed by atoms with van der Waals surface area (Å²) in [5.41, 5.74) is -1.84. The zero-order valence-corrected chi connectivity index (χ0v) is 22.5. The Labute approximate surface area is 221 Å². The van der Waals surface area contributed by atoms with Gasteiger partial charge in [0.05, 0.1) is 24.5 Å². The minimum Gasteiger partial charge on any atom is -0.497 e. The summed E-state index contributed by atoms with van der Waals surface area (Å²) in [6.07, 6.45) is 4.13. The van der Waals surface area contributed by atoms with E-state index in [2.05, 4.69) is 15.8 Å². The fourth-order valence-electron chi connectivity index (χ4n) is 5.98. The first kappa shape index (κ1) is 26.0. The fourth-order valence-corrected chi connectivity index (χ4v) is 5.98. The predicted molar refractivity (Wildman–Crippen MR) is 138 cm³/mol. The van der Waals surface area contributed by atoms with Crippen molar-refractivity contribution in [1.82, 2.24) is 15.4 Å². The first-order valence-corrected chi connectivity index (χ1v) is 12.8. The van der Waals surface area contributed by atoms with Crippen LogP contribution in [0.4, 0.5) is 5.82 Å². The molecule has 3 amide bonds. The van der Waals surface area contributed by atoms with Crippen molar-refractivity contribution >= 4 is 23.5 Å². The van der Waals surface area contributed by atoms with Gasteiger partial charge in [-0.15, -0.1) is 0 Å². The van der Waals surface area contributed by atoms with Crippen molar-refractivity contribution in [2.45, 2.75) is 63.8 Å². The van der Waals surface area contributed by atoms with Gasteiger partial charge in [-0.3, -0.25) is 14.4 Å². The number of ether oxygens (including phenoxy) is 2. The van der Waals surface area contributed by atoms with Crippen LogP contribution in [0.5, 0.6) is 5.75 Å². The molecule has 1 aromatic heterocycles. The van der Waals surface area contributed by atoms with Crippen LogP contribution in [0, 0.1) is 18.8 Å². The first-order valence-electron chi connectivity index (χ1n) is 12.8. The third-order valence-electron chi connectivity index (χ3n) is 7.51. The molecule has 0 radical (unpaired) electrons. The van der Waals surface area contributed by atoms with Crippen molar-refractivity contribution in [2.75, 3.05) is 19.0 Å². The average molecular weight is 523 g/mol. The van der Waals surface area contributed by atoms with Crippen LogP contribution in [0.15, 0.2) is 47.0 Å². The molecule has 0 saturated carbocycles. The van der Waals surface area contributed by atoms with E-state index in [1.165, 1.54) is 0 Å². The molecule has 10 nitrogen and oxygen atoms in total. The maximum absolute atomic E-state index is 14.1. The topological polar surface area (TPSA) is 123 Å². The highest BCUT2D eigenvalue weighted by Gasteiger charge is 2.76. The molecular formula is C28H34N4O6. The zero-order valence-electron chi connectivity index (χ0n) is 22.5. The van der Waals surface area contributed by atoms with Gasteiger partial charge in [-0.1, -0.05) is 29.4 Å². The van der Waals surface area contributed by atoms with Gasteiger partial charge in [0.1, 0.15) is 23.2 Å². The summed E-state index contributed by atoms with van der Waals surface area (Å²) in [5.74, 6) is -1.17. The number of carbonyl (C=O) groups is 3. The van der Waals surface area contributed by atoms with E-state index in [1.807, 2.05) is 45.0 Å². The third-order valence-corrected chi connectivity index (χ3v) is 7.51. The van der Waals surface area contributed by atoms with Gasteiger partial charge in [0, 0.05) is 18.2 Å². The fraction of sp³-hybridized carbons (Fsp3) is 0.500. The van der Waals surface area contributed by atoms with Gasteiger partial charge < -0.3 is 29.5 Å². The number of aryl methyl sites for hydroxylation is 1. The van der Waals surface area contributed by atoms with Crippen molar-refractivity contribution < 1.29 is 28.4 Å². The summed E-state index contributed by atoms with van der Waals surface area (Å²) in [7, 11) is 1.60. The molecule has 0 unspecified atom stereocenters. The second kappa shape index (κ2) is 8.97. The van der Waals surface area contributed by atoms with Crippen molar-refractivity contribution in [3.8, 4) is 5.75 Å². The predicted octanol–water partition coefficient (Wildman–Crippen LogP) is 2.63. The number of anilines is 1. The van der Waals surface area contributed by atoms with Crippen molar-refractivity contribution in [2.24, 2.45) is 11.8 Å². The lowest BCUT2D eigenvalue weighted by molar-refractivity contribution is -0.144. The number of benzene rings is 1. The highest BCUT2D eigenvalue weighted by atomic mass is 16.5. The van der Waals surface area contributed by atoms with Crippen LogP contribution in [-0.4, -0.2) is 64.2 Å². The van der Waals surface area contributed by atoms with Crippen LogP contribution < -0.4 is 15.4 Å². The summed E-state index contributed by atoms with van der Waals surface area (Å²) in [6, 6.07) is 8.26. The van der Waals surface area contributed by atoms with Gasteiger partial charge >= 0.3 is 0 Å². The smallest absolute Gasteiger partial charge is 0.246 e. The quantitative estimate of drug-likeness (QED) is 0.536. The van der Waals surface area contributed by atoms with Gasteiger partial charge in [0.15, 0.2) is 5.82 Å². The lowest BCUT2D eigenvalue weighted by Gasteiger charge is -2.35. The van der Waals surface area contributed by atoms with Crippen molar-refractivity contribution in [3.05, 3.63) is 53.8 Å². The molecule has 2 saturated heterocycles. The number of rotatable bonds is 7. The molecule has 1 aromatic carbocycles. The Hall–Kier alpha value is -3.66. The highest BCUT2D eigenvalue weighted by molar-refractivity contribution is 6.03. The van der Waals surface area contributed by atoms with E-state index in [4.69, 9.17) is 14.0 Å². The molecule has 5 rings (SSSR count). The number of methoxy groups -OCH3 is 1. The Bertz CT molecular complexity index is 1300. The second-order valence-corrected chi connectivity index (χ2v) is 11.5. The van der Waals surface area contributed by atoms with E-state index in [0.717, 1.165) is 11.3 Å². The van der Waals surface area contributed by atoms with Crippen LogP contribution in [0.1, 0.15) is 39.0 Å². The number of nitrogens with zero attached hydrogens (tertiary/aromatic N) is 2. The van der Waals surface area contributed by atoms with E-state index < -0.39 is 40.5 Å². The Balaban J connectivity index is 1.48. The molecule has 10 heteroatoms. The van der Waals surface area contributed by atoms with Crippen LogP contribution in [0.25, 0.3) is 0 Å². The largest absolute Gasteiger partial charge is 0.497 e. The molecule has 2 bridgehead atoms. The number of fused-ring (bicyclic) bond motifs is 1. The molecule has 4 heterocycles. The summed E-state index contributed by atoms with van der Waals surface area (Å²) in [4.78, 5) is 43.0. The maximum atomic E-state index is 14.1. The molecule has 2 fully saturated rings. The highest BCUT2D eigenvalue weighted by Crippen LogP contribution is 2.59. The standard InChI is InChI=1S/C28H34N4O6/c1-16-15-19(31-37-16)29-23(33)20-21-25(35)32(14-11-17-7-9-18(36-6)10-8-17)22(24(34)30-26(2,3)4)28(21)13-12-27(20,5)38-28/h7-10,12-13,15,20-22H,11,14H2,1-6H3,(H,30,34)(H,29,31,33)/t20-,21-,22+,27+,28-/m0/s1. The lowest BCUT2D eigenvalue weighted by atomic mass is 9.70.